The summed E-state index contributed by atoms with van der Waals surface area (Å²) in [7, 11) is 1.70. The normalized spacial score (nSPS) is 18.0. The number of nitrogens with one attached hydrogen (secondary N) is 1. The van der Waals surface area contributed by atoms with Crippen LogP contribution in [0.3, 0.4) is 0 Å². The molecule has 3 N–H and O–H groups in total. The van der Waals surface area contributed by atoms with E-state index in [1.807, 2.05) is 0 Å². The van der Waals surface area contributed by atoms with Crippen molar-refractivity contribution < 1.29 is 13.6 Å². The SMILES string of the molecule is CN1OC=CC1C(C=C(N)c1ncc(F)c(=O)[nH]1)=NCc1ccccc1F. The third-order valence-electron chi connectivity index (χ3n) is 3.91. The summed E-state index contributed by atoms with van der Waals surface area (Å²) in [6.07, 6.45) is 5.50. The molecule has 0 saturated carbocycles. The first-order valence-electron chi connectivity index (χ1n) is 8.02. The largest absolute Gasteiger partial charge is 0.413 e. The Kier molecular flexibility index (Phi) is 5.41. The molecule has 1 aromatic heterocycles. The minimum atomic E-state index is -1.01. The number of nitrogens with two attached hydrogens (primary N) is 1. The van der Waals surface area contributed by atoms with Gasteiger partial charge in [0.2, 0.25) is 5.82 Å². The summed E-state index contributed by atoms with van der Waals surface area (Å²) in [5.41, 5.74) is 6.02. The predicted octanol–water partition coefficient (Wildman–Crippen LogP) is 1.75. The molecular weight excluding hydrogens is 356 g/mol. The molecule has 0 radical (unpaired) electrons. The Labute approximate surface area is 153 Å². The van der Waals surface area contributed by atoms with Crippen LogP contribution in [0.15, 0.2) is 58.7 Å². The molecule has 27 heavy (non-hydrogen) atoms. The van der Waals surface area contributed by atoms with E-state index in [4.69, 9.17) is 10.6 Å². The highest BCUT2D eigenvalue weighted by Gasteiger charge is 2.23. The first-order valence-corrected chi connectivity index (χ1v) is 8.02. The molecule has 0 fully saturated rings. The summed E-state index contributed by atoms with van der Waals surface area (Å²) in [5, 5.41) is 1.53. The molecule has 1 aliphatic rings. The molecule has 1 aliphatic heterocycles. The monoisotopic (exact) mass is 373 g/mol. The van der Waals surface area contributed by atoms with Crippen LogP contribution in [0.4, 0.5) is 8.78 Å². The van der Waals surface area contributed by atoms with Gasteiger partial charge < -0.3 is 15.6 Å². The number of likely N-dealkylation sites (N-methyl/N-ethyl adjacent to an activating group) is 1. The molecular formula is C18H17F2N5O2. The number of halogens is 2. The Morgan fingerprint density at radius 2 is 2.19 bits per heavy atom. The number of nitrogens with zero attached hydrogens (tertiary/aromatic N) is 3. The molecule has 3 rings (SSSR count). The van der Waals surface area contributed by atoms with Crippen molar-refractivity contribution in [3.8, 4) is 0 Å². The number of aromatic nitrogens is 2. The van der Waals surface area contributed by atoms with Crippen LogP contribution in [0.2, 0.25) is 0 Å². The Morgan fingerprint density at radius 3 is 2.85 bits per heavy atom. The van der Waals surface area contributed by atoms with Crippen molar-refractivity contribution in [3.63, 3.8) is 0 Å². The lowest BCUT2D eigenvalue weighted by Gasteiger charge is -2.18. The van der Waals surface area contributed by atoms with Gasteiger partial charge in [0.05, 0.1) is 24.2 Å². The Hall–Kier alpha value is -3.33. The zero-order valence-corrected chi connectivity index (χ0v) is 14.4. The summed E-state index contributed by atoms with van der Waals surface area (Å²) in [6.45, 7) is 0.0807. The number of hydroxylamine groups is 2. The van der Waals surface area contributed by atoms with Crippen molar-refractivity contribution in [2.24, 2.45) is 10.7 Å². The summed E-state index contributed by atoms with van der Waals surface area (Å²) in [6, 6.07) is 5.93. The Balaban J connectivity index is 1.95. The van der Waals surface area contributed by atoms with Crippen LogP contribution < -0.4 is 11.3 Å². The van der Waals surface area contributed by atoms with Gasteiger partial charge in [0.15, 0.2) is 5.82 Å². The Bertz CT molecular complexity index is 984. The van der Waals surface area contributed by atoms with Gasteiger partial charge in [-0.05, 0) is 18.2 Å². The van der Waals surface area contributed by atoms with Crippen molar-refractivity contribution in [1.82, 2.24) is 15.0 Å². The van der Waals surface area contributed by atoms with Gasteiger partial charge in [0, 0.05) is 12.6 Å². The second-order valence-corrected chi connectivity index (χ2v) is 5.77. The zero-order valence-electron chi connectivity index (χ0n) is 14.4. The predicted molar refractivity (Wildman–Crippen MR) is 96.3 cm³/mol. The quantitative estimate of drug-likeness (QED) is 0.779. The molecule has 1 unspecified atom stereocenters. The van der Waals surface area contributed by atoms with E-state index in [0.717, 1.165) is 6.20 Å². The molecule has 2 aromatic rings. The lowest BCUT2D eigenvalue weighted by molar-refractivity contribution is -0.0629. The number of H-pyrrole nitrogens is 1. The van der Waals surface area contributed by atoms with E-state index in [2.05, 4.69) is 15.0 Å². The molecule has 1 aromatic carbocycles. The van der Waals surface area contributed by atoms with Crippen LogP contribution in [0.5, 0.6) is 0 Å². The van der Waals surface area contributed by atoms with Crippen LogP contribution >= 0.6 is 0 Å². The third kappa shape index (κ3) is 4.26. The fourth-order valence-electron chi connectivity index (χ4n) is 2.46. The van der Waals surface area contributed by atoms with E-state index in [-0.39, 0.29) is 29.9 Å². The maximum Gasteiger partial charge on any atom is 0.287 e. The number of aliphatic imine (C=N–C) groups is 1. The summed E-state index contributed by atoms with van der Waals surface area (Å²) < 4.78 is 27.0. The molecule has 0 amide bonds. The number of hydrogen-bond acceptors (Lipinski definition) is 6. The second-order valence-electron chi connectivity index (χ2n) is 5.77. The van der Waals surface area contributed by atoms with Gasteiger partial charge in [-0.25, -0.2) is 9.37 Å². The molecule has 0 saturated heterocycles. The summed E-state index contributed by atoms with van der Waals surface area (Å²) >= 11 is 0. The van der Waals surface area contributed by atoms with Gasteiger partial charge >= 0.3 is 0 Å². The van der Waals surface area contributed by atoms with E-state index < -0.39 is 11.4 Å². The van der Waals surface area contributed by atoms with Gasteiger partial charge in [-0.1, -0.05) is 18.2 Å². The summed E-state index contributed by atoms with van der Waals surface area (Å²) in [5.74, 6) is -1.37. The van der Waals surface area contributed by atoms with Crippen molar-refractivity contribution in [1.29, 1.82) is 0 Å². The fourth-order valence-corrected chi connectivity index (χ4v) is 2.46. The maximum absolute atomic E-state index is 13.9. The minimum Gasteiger partial charge on any atom is -0.413 e. The van der Waals surface area contributed by atoms with Crippen LogP contribution in [0, 0.1) is 11.6 Å². The van der Waals surface area contributed by atoms with E-state index in [1.165, 1.54) is 23.5 Å². The van der Waals surface area contributed by atoms with Crippen LogP contribution in [0.25, 0.3) is 5.70 Å². The van der Waals surface area contributed by atoms with Gasteiger partial charge in [0.25, 0.3) is 5.56 Å². The minimum absolute atomic E-state index is 0.00513. The highest BCUT2D eigenvalue weighted by atomic mass is 19.1. The Morgan fingerprint density at radius 1 is 1.41 bits per heavy atom. The van der Waals surface area contributed by atoms with Crippen LogP contribution in [0.1, 0.15) is 11.4 Å². The average Bonchev–Trinajstić information content (AvgIpc) is 3.08. The number of rotatable bonds is 5. The highest BCUT2D eigenvalue weighted by molar-refractivity contribution is 6.04. The topological polar surface area (TPSA) is 96.6 Å². The van der Waals surface area contributed by atoms with Gasteiger partial charge in [-0.2, -0.15) is 4.39 Å². The number of hydrogen-bond donors (Lipinski definition) is 2. The van der Waals surface area contributed by atoms with Gasteiger partial charge in [-0.15, -0.1) is 5.06 Å². The van der Waals surface area contributed by atoms with E-state index in [1.54, 1.807) is 31.3 Å². The molecule has 1 atom stereocenters. The lowest BCUT2D eigenvalue weighted by Crippen LogP contribution is -2.32. The van der Waals surface area contributed by atoms with E-state index >= 15 is 0 Å². The number of aromatic amines is 1. The third-order valence-corrected chi connectivity index (χ3v) is 3.91. The maximum atomic E-state index is 13.9. The van der Waals surface area contributed by atoms with Crippen molar-refractivity contribution in [2.75, 3.05) is 7.05 Å². The first kappa shape index (κ1) is 18.5. The molecule has 0 aliphatic carbocycles. The van der Waals surface area contributed by atoms with Crippen LogP contribution in [-0.2, 0) is 11.4 Å². The summed E-state index contributed by atoms with van der Waals surface area (Å²) in [4.78, 5) is 27.1. The molecule has 140 valence electrons. The number of benzene rings is 1. The fraction of sp³-hybridized carbons (Fsp3) is 0.167. The standard InChI is InChI=1S/C18H17F2N5O2/c1-25-16(6-7-27-25)15(22-9-11-4-2-3-5-12(11)19)8-14(21)17-23-10-13(20)18(26)24-17/h2-8,10,16H,9,21H2,1H3,(H,23,24,26). The smallest absolute Gasteiger partial charge is 0.287 e. The van der Waals surface area contributed by atoms with Crippen LogP contribution in [-0.4, -0.2) is 33.8 Å². The molecule has 7 nitrogen and oxygen atoms in total. The molecule has 0 spiro atoms. The van der Waals surface area contributed by atoms with E-state index in [9.17, 15) is 13.6 Å². The zero-order chi connectivity index (χ0) is 19.4. The van der Waals surface area contributed by atoms with Gasteiger partial charge in [0.1, 0.15) is 18.1 Å². The van der Waals surface area contributed by atoms with Crippen molar-refractivity contribution >= 4 is 11.4 Å². The molecule has 9 heteroatoms. The first-order chi connectivity index (χ1) is 13.0. The average molecular weight is 373 g/mol. The molecule has 2 heterocycles. The van der Waals surface area contributed by atoms with Crippen molar-refractivity contribution in [3.05, 3.63) is 82.3 Å². The molecule has 0 bridgehead atoms. The van der Waals surface area contributed by atoms with E-state index in [0.29, 0.717) is 11.3 Å². The second kappa shape index (κ2) is 7.92. The van der Waals surface area contributed by atoms with Gasteiger partial charge in [-0.3, -0.25) is 9.79 Å². The lowest BCUT2D eigenvalue weighted by atomic mass is 10.1. The van der Waals surface area contributed by atoms with Crippen molar-refractivity contribution in [2.45, 2.75) is 12.6 Å². The highest BCUT2D eigenvalue weighted by Crippen LogP contribution is 2.15.